The van der Waals surface area contributed by atoms with Gasteiger partial charge in [0.05, 0.1) is 18.8 Å². The minimum Gasteiger partial charge on any atom is -0.487 e. The van der Waals surface area contributed by atoms with Crippen LogP contribution in [0.3, 0.4) is 0 Å². The van der Waals surface area contributed by atoms with Crippen LogP contribution in [0.1, 0.15) is 19.4 Å². The van der Waals surface area contributed by atoms with Crippen LogP contribution >= 0.6 is 0 Å². The van der Waals surface area contributed by atoms with Crippen molar-refractivity contribution >= 4 is 0 Å². The number of halogens is 3. The summed E-state index contributed by atoms with van der Waals surface area (Å²) in [5.41, 5.74) is -0.668. The summed E-state index contributed by atoms with van der Waals surface area (Å²) < 4.78 is 48.9. The van der Waals surface area contributed by atoms with E-state index >= 15 is 0 Å². The number of rotatable bonds is 4. The molecule has 0 amide bonds. The molecule has 0 aromatic heterocycles. The molecule has 1 fully saturated rings. The Morgan fingerprint density at radius 3 is 2.55 bits per heavy atom. The molecule has 0 unspecified atom stereocenters. The Morgan fingerprint density at radius 1 is 1.27 bits per heavy atom. The van der Waals surface area contributed by atoms with E-state index < -0.39 is 11.7 Å². The fraction of sp³-hybridized carbons (Fsp3) is 0.625. The lowest BCUT2D eigenvalue weighted by atomic mass is 10.2. The topological polar surface area (TPSA) is 21.7 Å². The molecule has 1 aromatic carbocycles. The molecule has 0 radical (unpaired) electrons. The maximum atomic E-state index is 12.5. The molecule has 22 heavy (non-hydrogen) atoms. The van der Waals surface area contributed by atoms with Crippen molar-refractivity contribution in [3.05, 3.63) is 29.8 Å². The molecule has 1 heterocycles. The van der Waals surface area contributed by atoms with Crippen molar-refractivity contribution in [2.75, 3.05) is 32.8 Å². The summed E-state index contributed by atoms with van der Waals surface area (Å²) in [6.07, 6.45) is -4.49. The normalized spacial score (nSPS) is 20.9. The predicted molar refractivity (Wildman–Crippen MR) is 78.0 cm³/mol. The van der Waals surface area contributed by atoms with Crippen LogP contribution < -0.4 is 4.74 Å². The predicted octanol–water partition coefficient (Wildman–Crippen LogP) is 3.44. The molecule has 0 saturated carbocycles. The van der Waals surface area contributed by atoms with Gasteiger partial charge in [-0.3, -0.25) is 4.90 Å². The Kier molecular flexibility index (Phi) is 5.69. The van der Waals surface area contributed by atoms with E-state index in [-0.39, 0.29) is 6.10 Å². The van der Waals surface area contributed by atoms with Gasteiger partial charge in [-0.1, -0.05) is 13.8 Å². The number of nitrogens with zero attached hydrogens (tertiary/aromatic N) is 1. The van der Waals surface area contributed by atoms with Crippen LogP contribution in [0.25, 0.3) is 0 Å². The summed E-state index contributed by atoms with van der Waals surface area (Å²) in [6.45, 7) is 7.94. The summed E-state index contributed by atoms with van der Waals surface area (Å²) in [4.78, 5) is 2.27. The molecule has 2 rings (SSSR count). The van der Waals surface area contributed by atoms with Gasteiger partial charge in [0, 0.05) is 19.6 Å². The average Bonchev–Trinajstić information content (AvgIpc) is 2.63. The van der Waals surface area contributed by atoms with Crippen molar-refractivity contribution in [2.24, 2.45) is 5.92 Å². The first-order valence-electron chi connectivity index (χ1n) is 7.48. The highest BCUT2D eigenvalue weighted by Gasteiger charge is 2.30. The third-order valence-electron chi connectivity index (χ3n) is 3.43. The van der Waals surface area contributed by atoms with Crippen molar-refractivity contribution in [1.29, 1.82) is 0 Å². The molecule has 3 nitrogen and oxygen atoms in total. The highest BCUT2D eigenvalue weighted by Crippen LogP contribution is 2.30. The number of benzene rings is 1. The van der Waals surface area contributed by atoms with E-state index in [0.717, 1.165) is 31.8 Å². The maximum Gasteiger partial charge on any atom is 0.416 e. The van der Waals surface area contributed by atoms with Crippen LogP contribution in [0.4, 0.5) is 13.2 Å². The van der Waals surface area contributed by atoms with Gasteiger partial charge in [-0.25, -0.2) is 0 Å². The van der Waals surface area contributed by atoms with Crippen LogP contribution in [0.2, 0.25) is 0 Å². The minimum atomic E-state index is -4.32. The van der Waals surface area contributed by atoms with E-state index in [1.165, 1.54) is 12.1 Å². The molecule has 1 aliphatic heterocycles. The number of alkyl halides is 3. The van der Waals surface area contributed by atoms with Gasteiger partial charge in [-0.15, -0.1) is 0 Å². The van der Waals surface area contributed by atoms with Gasteiger partial charge in [-0.2, -0.15) is 13.2 Å². The Hall–Kier alpha value is -1.27. The van der Waals surface area contributed by atoms with Gasteiger partial charge in [0.2, 0.25) is 0 Å². The number of hydrogen-bond acceptors (Lipinski definition) is 3. The maximum absolute atomic E-state index is 12.5. The molecule has 1 saturated heterocycles. The Balaban J connectivity index is 1.96. The summed E-state index contributed by atoms with van der Waals surface area (Å²) in [5, 5.41) is 0. The zero-order valence-corrected chi connectivity index (χ0v) is 12.9. The smallest absolute Gasteiger partial charge is 0.416 e. The second-order valence-electron chi connectivity index (χ2n) is 5.99. The molecule has 0 aliphatic carbocycles. The van der Waals surface area contributed by atoms with Crippen molar-refractivity contribution in [3.8, 4) is 5.75 Å². The van der Waals surface area contributed by atoms with Crippen LogP contribution in [0, 0.1) is 5.92 Å². The highest BCUT2D eigenvalue weighted by atomic mass is 19.4. The largest absolute Gasteiger partial charge is 0.487 e. The van der Waals surface area contributed by atoms with Crippen molar-refractivity contribution in [3.63, 3.8) is 0 Å². The second-order valence-corrected chi connectivity index (χ2v) is 5.99. The second kappa shape index (κ2) is 7.33. The van der Waals surface area contributed by atoms with Gasteiger partial charge < -0.3 is 9.47 Å². The van der Waals surface area contributed by atoms with E-state index in [4.69, 9.17) is 9.47 Å². The molecular formula is C16H22F3NO2. The Morgan fingerprint density at radius 2 is 1.95 bits per heavy atom. The van der Waals surface area contributed by atoms with Gasteiger partial charge in [0.25, 0.3) is 0 Å². The fourth-order valence-electron chi connectivity index (χ4n) is 2.51. The lowest BCUT2D eigenvalue weighted by Gasteiger charge is -2.25. The van der Waals surface area contributed by atoms with Gasteiger partial charge in [0.15, 0.2) is 0 Å². The number of hydrogen-bond donors (Lipinski definition) is 0. The molecule has 1 atom stereocenters. The summed E-state index contributed by atoms with van der Waals surface area (Å²) in [7, 11) is 0. The lowest BCUT2D eigenvalue weighted by molar-refractivity contribution is -0.137. The lowest BCUT2D eigenvalue weighted by Crippen LogP contribution is -2.38. The standard InChI is InChI=1S/C16H22F3NO2/c1-12(2)9-20-7-8-21-11-15(10-20)22-14-5-3-13(4-6-14)16(17,18)19/h3-6,12,15H,7-11H2,1-2H3/t15-/m1/s1. The van der Waals surface area contributed by atoms with Crippen LogP contribution in [0.15, 0.2) is 24.3 Å². The van der Waals surface area contributed by atoms with E-state index in [2.05, 4.69) is 18.7 Å². The first kappa shape index (κ1) is 17.1. The molecule has 0 bridgehead atoms. The zero-order valence-electron chi connectivity index (χ0n) is 12.9. The average molecular weight is 317 g/mol. The Bertz CT molecular complexity index is 459. The molecule has 0 spiro atoms. The van der Waals surface area contributed by atoms with Gasteiger partial charge in [-0.05, 0) is 30.2 Å². The third-order valence-corrected chi connectivity index (χ3v) is 3.43. The Labute approximate surface area is 129 Å². The molecule has 1 aromatic rings. The van der Waals surface area contributed by atoms with E-state index in [1.807, 2.05) is 0 Å². The van der Waals surface area contributed by atoms with Crippen molar-refractivity contribution in [1.82, 2.24) is 4.90 Å². The summed E-state index contributed by atoms with van der Waals surface area (Å²) >= 11 is 0. The van der Waals surface area contributed by atoms with E-state index in [0.29, 0.717) is 24.9 Å². The first-order chi connectivity index (χ1) is 10.3. The fourth-order valence-corrected chi connectivity index (χ4v) is 2.51. The van der Waals surface area contributed by atoms with Crippen LogP contribution in [0.5, 0.6) is 5.75 Å². The van der Waals surface area contributed by atoms with E-state index in [9.17, 15) is 13.2 Å². The summed E-state index contributed by atoms with van der Waals surface area (Å²) in [5.74, 6) is 0.984. The van der Waals surface area contributed by atoms with Gasteiger partial charge >= 0.3 is 6.18 Å². The minimum absolute atomic E-state index is 0.169. The van der Waals surface area contributed by atoms with Crippen LogP contribution in [-0.2, 0) is 10.9 Å². The highest BCUT2D eigenvalue weighted by molar-refractivity contribution is 5.29. The van der Waals surface area contributed by atoms with Crippen LogP contribution in [-0.4, -0.2) is 43.9 Å². The number of ether oxygens (including phenoxy) is 2. The third kappa shape index (κ3) is 5.18. The molecule has 124 valence electrons. The molecule has 6 heteroatoms. The molecular weight excluding hydrogens is 295 g/mol. The van der Waals surface area contributed by atoms with Crippen molar-refractivity contribution in [2.45, 2.75) is 26.1 Å². The molecule has 0 N–H and O–H groups in total. The quantitative estimate of drug-likeness (QED) is 0.849. The first-order valence-corrected chi connectivity index (χ1v) is 7.48. The molecule has 1 aliphatic rings. The van der Waals surface area contributed by atoms with E-state index in [1.54, 1.807) is 0 Å². The monoisotopic (exact) mass is 317 g/mol. The zero-order chi connectivity index (χ0) is 16.2. The SMILES string of the molecule is CC(C)CN1CCOC[C@H](Oc2ccc(C(F)(F)F)cc2)C1. The summed E-state index contributed by atoms with van der Waals surface area (Å²) in [6, 6.07) is 4.80. The van der Waals surface area contributed by atoms with Crippen molar-refractivity contribution < 1.29 is 22.6 Å². The van der Waals surface area contributed by atoms with Gasteiger partial charge in [0.1, 0.15) is 11.9 Å².